The van der Waals surface area contributed by atoms with Crippen LogP contribution >= 0.6 is 0 Å². The van der Waals surface area contributed by atoms with Crippen molar-refractivity contribution < 1.29 is 4.79 Å². The van der Waals surface area contributed by atoms with E-state index in [1.165, 1.54) is 38.5 Å². The molecule has 4 rings (SSSR count). The van der Waals surface area contributed by atoms with Gasteiger partial charge in [-0.1, -0.05) is 13.8 Å². The van der Waals surface area contributed by atoms with Crippen LogP contribution in [0, 0.1) is 29.1 Å². The van der Waals surface area contributed by atoms with E-state index in [1.54, 1.807) is 0 Å². The smallest absolute Gasteiger partial charge is 0.133 e. The fourth-order valence-corrected chi connectivity index (χ4v) is 5.46. The van der Waals surface area contributed by atoms with Crippen molar-refractivity contribution in [3.63, 3.8) is 0 Å². The fraction of sp³-hybridized carbons (Fsp3) is 0.941. The minimum atomic E-state index is 0.461. The van der Waals surface area contributed by atoms with Gasteiger partial charge in [-0.25, -0.2) is 0 Å². The summed E-state index contributed by atoms with van der Waals surface area (Å²) >= 11 is 0. The normalized spacial score (nSPS) is 41.6. The molecule has 102 valence electrons. The number of ketones is 1. The Balaban J connectivity index is 1.60. The van der Waals surface area contributed by atoms with Crippen LogP contribution in [0.4, 0.5) is 0 Å². The van der Waals surface area contributed by atoms with Crippen LogP contribution in [0.25, 0.3) is 0 Å². The monoisotopic (exact) mass is 248 g/mol. The van der Waals surface area contributed by atoms with E-state index in [0.29, 0.717) is 17.1 Å². The van der Waals surface area contributed by atoms with Crippen molar-refractivity contribution in [1.29, 1.82) is 0 Å². The predicted octanol–water partition coefficient (Wildman–Crippen LogP) is 4.60. The van der Waals surface area contributed by atoms with Crippen molar-refractivity contribution >= 4 is 5.78 Å². The molecule has 0 atom stereocenters. The van der Waals surface area contributed by atoms with Crippen molar-refractivity contribution in [1.82, 2.24) is 0 Å². The molecule has 0 unspecified atom stereocenters. The molecule has 0 aromatic rings. The standard InChI is InChI=1S/C17H28O/c1-12(2)3-4-16(18)11-17-8-13-5-14(9-17)7-15(6-13)10-17/h12-15H,3-11H2,1-2H3. The van der Waals surface area contributed by atoms with Crippen LogP contribution in [0.2, 0.25) is 0 Å². The lowest BCUT2D eigenvalue weighted by Crippen LogP contribution is -2.46. The largest absolute Gasteiger partial charge is 0.300 e. The van der Waals surface area contributed by atoms with E-state index in [0.717, 1.165) is 37.0 Å². The number of hydrogen-bond donors (Lipinski definition) is 0. The van der Waals surface area contributed by atoms with E-state index < -0.39 is 0 Å². The number of hydrogen-bond acceptors (Lipinski definition) is 1. The van der Waals surface area contributed by atoms with Gasteiger partial charge >= 0.3 is 0 Å². The first-order valence-corrected chi connectivity index (χ1v) is 8.06. The highest BCUT2D eigenvalue weighted by molar-refractivity contribution is 5.79. The van der Waals surface area contributed by atoms with Crippen molar-refractivity contribution in [3.8, 4) is 0 Å². The van der Waals surface area contributed by atoms with Gasteiger partial charge < -0.3 is 0 Å². The Bertz CT molecular complexity index is 293. The molecule has 0 saturated heterocycles. The van der Waals surface area contributed by atoms with E-state index in [2.05, 4.69) is 13.8 Å². The molecule has 0 amide bonds. The van der Waals surface area contributed by atoms with Crippen LogP contribution in [0.15, 0.2) is 0 Å². The third-order valence-corrected chi connectivity index (χ3v) is 5.74. The molecular formula is C17H28O. The maximum absolute atomic E-state index is 12.2. The van der Waals surface area contributed by atoms with Crippen LogP contribution in [0.3, 0.4) is 0 Å². The third kappa shape index (κ3) is 2.51. The fourth-order valence-electron chi connectivity index (χ4n) is 5.46. The molecule has 4 bridgehead atoms. The van der Waals surface area contributed by atoms with E-state index in [9.17, 15) is 4.79 Å². The molecule has 0 radical (unpaired) electrons. The summed E-state index contributed by atoms with van der Waals surface area (Å²) in [4.78, 5) is 12.2. The second kappa shape index (κ2) is 4.65. The van der Waals surface area contributed by atoms with Crippen molar-refractivity contribution in [2.45, 2.75) is 71.6 Å². The first kappa shape index (κ1) is 12.7. The summed E-state index contributed by atoms with van der Waals surface area (Å²) in [6.07, 6.45) is 11.4. The first-order valence-electron chi connectivity index (χ1n) is 8.06. The van der Waals surface area contributed by atoms with Gasteiger partial charge in [-0.3, -0.25) is 4.79 Å². The van der Waals surface area contributed by atoms with Gasteiger partial charge in [0.15, 0.2) is 0 Å². The summed E-state index contributed by atoms with van der Waals surface area (Å²) in [7, 11) is 0. The average molecular weight is 248 g/mol. The Labute approximate surface area is 112 Å². The molecule has 0 heterocycles. The molecule has 1 nitrogen and oxygen atoms in total. The highest BCUT2D eigenvalue weighted by Crippen LogP contribution is 2.61. The minimum Gasteiger partial charge on any atom is -0.300 e. The third-order valence-electron chi connectivity index (χ3n) is 5.74. The average Bonchev–Trinajstić information content (AvgIpc) is 2.23. The van der Waals surface area contributed by atoms with Gasteiger partial charge in [0.2, 0.25) is 0 Å². The second-order valence-electron chi connectivity index (χ2n) is 8.07. The number of Topliss-reactive ketones (excluding diaryl/α,β-unsaturated/α-hetero) is 1. The van der Waals surface area contributed by atoms with Gasteiger partial charge in [0, 0.05) is 12.8 Å². The van der Waals surface area contributed by atoms with Crippen molar-refractivity contribution in [2.24, 2.45) is 29.1 Å². The zero-order chi connectivity index (χ0) is 12.8. The summed E-state index contributed by atoms with van der Waals surface area (Å²) in [5.41, 5.74) is 0.461. The molecule has 0 aliphatic heterocycles. The minimum absolute atomic E-state index is 0.461. The maximum atomic E-state index is 12.2. The Morgan fingerprint density at radius 2 is 1.56 bits per heavy atom. The topological polar surface area (TPSA) is 17.1 Å². The van der Waals surface area contributed by atoms with Crippen LogP contribution in [0.5, 0.6) is 0 Å². The van der Waals surface area contributed by atoms with E-state index in [-0.39, 0.29) is 0 Å². The Morgan fingerprint density at radius 1 is 1.06 bits per heavy atom. The lowest BCUT2D eigenvalue weighted by atomic mass is 9.48. The number of rotatable bonds is 5. The van der Waals surface area contributed by atoms with E-state index in [1.807, 2.05) is 0 Å². The molecule has 0 N–H and O–H groups in total. The summed E-state index contributed by atoms with van der Waals surface area (Å²) in [5.74, 6) is 4.17. The van der Waals surface area contributed by atoms with Crippen LogP contribution in [-0.4, -0.2) is 5.78 Å². The molecular weight excluding hydrogens is 220 g/mol. The lowest BCUT2D eigenvalue weighted by Gasteiger charge is -2.56. The van der Waals surface area contributed by atoms with Crippen LogP contribution < -0.4 is 0 Å². The molecule has 4 fully saturated rings. The van der Waals surface area contributed by atoms with E-state index in [4.69, 9.17) is 0 Å². The van der Waals surface area contributed by atoms with Gasteiger partial charge in [-0.05, 0) is 74.0 Å². The summed E-state index contributed by atoms with van der Waals surface area (Å²) in [6.45, 7) is 4.44. The second-order valence-corrected chi connectivity index (χ2v) is 8.07. The zero-order valence-electron chi connectivity index (χ0n) is 12.1. The van der Waals surface area contributed by atoms with Crippen LogP contribution in [0.1, 0.15) is 71.6 Å². The first-order chi connectivity index (χ1) is 8.55. The van der Waals surface area contributed by atoms with Crippen LogP contribution in [-0.2, 0) is 4.79 Å². The zero-order valence-corrected chi connectivity index (χ0v) is 12.1. The van der Waals surface area contributed by atoms with Gasteiger partial charge in [0.1, 0.15) is 5.78 Å². The van der Waals surface area contributed by atoms with Gasteiger partial charge in [-0.2, -0.15) is 0 Å². The lowest BCUT2D eigenvalue weighted by molar-refractivity contribution is -0.127. The summed E-state index contributed by atoms with van der Waals surface area (Å²) < 4.78 is 0. The van der Waals surface area contributed by atoms with Gasteiger partial charge in [-0.15, -0.1) is 0 Å². The molecule has 18 heavy (non-hydrogen) atoms. The molecule has 0 spiro atoms. The Kier molecular flexibility index (Phi) is 3.28. The summed E-state index contributed by atoms with van der Waals surface area (Å²) in [6, 6.07) is 0. The quantitative estimate of drug-likeness (QED) is 0.695. The highest BCUT2D eigenvalue weighted by atomic mass is 16.1. The molecule has 0 aromatic heterocycles. The summed E-state index contributed by atoms with van der Waals surface area (Å²) in [5, 5.41) is 0. The number of carbonyl (C=O) groups excluding carboxylic acids is 1. The SMILES string of the molecule is CC(C)CCC(=O)CC12CC3CC(CC(C3)C1)C2. The molecule has 0 aromatic carbocycles. The van der Waals surface area contributed by atoms with Crippen molar-refractivity contribution in [2.75, 3.05) is 0 Å². The Hall–Kier alpha value is -0.330. The van der Waals surface area contributed by atoms with Crippen molar-refractivity contribution in [3.05, 3.63) is 0 Å². The molecule has 4 saturated carbocycles. The van der Waals surface area contributed by atoms with E-state index >= 15 is 0 Å². The molecule has 4 aliphatic carbocycles. The maximum Gasteiger partial charge on any atom is 0.133 e. The molecule has 1 heteroatoms. The predicted molar refractivity (Wildman–Crippen MR) is 74.3 cm³/mol. The van der Waals surface area contributed by atoms with Gasteiger partial charge in [0.05, 0.1) is 0 Å². The number of carbonyl (C=O) groups is 1. The Morgan fingerprint density at radius 3 is 2.00 bits per heavy atom. The highest BCUT2D eigenvalue weighted by Gasteiger charge is 2.51. The molecule has 4 aliphatic rings. The van der Waals surface area contributed by atoms with Gasteiger partial charge in [0.25, 0.3) is 0 Å².